The Labute approximate surface area is 335 Å². The van der Waals surface area contributed by atoms with E-state index < -0.39 is 11.6 Å². The summed E-state index contributed by atoms with van der Waals surface area (Å²) in [6.07, 6.45) is 16.5. The molecule has 4 spiro atoms. The number of rotatable bonds is 0. The minimum atomic E-state index is -0.413. The Morgan fingerprint density at radius 3 is 1.09 bits per heavy atom. The number of aliphatic hydroxyl groups is 2. The summed E-state index contributed by atoms with van der Waals surface area (Å²) in [4.78, 5) is 0. The molecule has 0 bridgehead atoms. The molecule has 12 rings (SSSR count). The summed E-state index contributed by atoms with van der Waals surface area (Å²) in [6, 6.07) is 0. The molecule has 14 atom stereocenters. The van der Waals surface area contributed by atoms with Crippen molar-refractivity contribution in [2.24, 2.45) is 69.0 Å². The first-order valence-electron chi connectivity index (χ1n) is 23.3. The Morgan fingerprint density at radius 1 is 0.375 bits per heavy atom. The van der Waals surface area contributed by atoms with E-state index in [0.717, 1.165) is 90.6 Å². The van der Waals surface area contributed by atoms with Crippen LogP contribution in [-0.4, -0.2) is 98.4 Å². The maximum Gasteiger partial charge on any atom is 0.174 e. The molecule has 10 heteroatoms. The Morgan fingerprint density at radius 2 is 0.714 bits per heavy atom. The predicted octanol–water partition coefficient (Wildman–Crippen LogP) is 6.97. The van der Waals surface area contributed by atoms with E-state index in [0.29, 0.717) is 73.8 Å². The molecule has 8 saturated carbocycles. The van der Waals surface area contributed by atoms with E-state index in [-0.39, 0.29) is 45.4 Å². The second-order valence-electron chi connectivity index (χ2n) is 22.1. The van der Waals surface area contributed by atoms with Gasteiger partial charge in [0.15, 0.2) is 23.1 Å². The highest BCUT2D eigenvalue weighted by molar-refractivity contribution is 5.16. The molecule has 4 saturated heterocycles. The number of fused-ring (bicyclic) bond motifs is 12. The van der Waals surface area contributed by atoms with Crippen molar-refractivity contribution in [3.8, 4) is 0 Å². The second kappa shape index (κ2) is 13.1. The fourth-order valence-electron chi connectivity index (χ4n) is 17.7. The molecule has 4 aliphatic heterocycles. The molecular formula is C46H72O10. The average Bonchev–Trinajstić information content (AvgIpc) is 4.05. The second-order valence-corrected chi connectivity index (χ2v) is 22.1. The molecule has 8 aliphatic carbocycles. The molecule has 56 heavy (non-hydrogen) atoms. The summed E-state index contributed by atoms with van der Waals surface area (Å²) in [7, 11) is 0. The fraction of sp³-hybridized carbons (Fsp3) is 1.00. The highest BCUT2D eigenvalue weighted by Gasteiger charge is 2.71. The molecule has 0 unspecified atom stereocenters. The first-order chi connectivity index (χ1) is 26.8. The van der Waals surface area contributed by atoms with Crippen LogP contribution < -0.4 is 0 Å². The van der Waals surface area contributed by atoms with Crippen LogP contribution in [0, 0.1) is 69.0 Å². The third kappa shape index (κ3) is 5.16. The third-order valence-corrected chi connectivity index (χ3v) is 20.6. The summed E-state index contributed by atoms with van der Waals surface area (Å²) >= 11 is 0. The van der Waals surface area contributed by atoms with Gasteiger partial charge in [-0.3, -0.25) is 0 Å². The van der Waals surface area contributed by atoms with E-state index in [4.69, 9.17) is 37.9 Å². The lowest BCUT2D eigenvalue weighted by Crippen LogP contribution is -2.61. The van der Waals surface area contributed by atoms with Gasteiger partial charge in [0.1, 0.15) is 0 Å². The molecular weight excluding hydrogens is 712 g/mol. The van der Waals surface area contributed by atoms with Crippen molar-refractivity contribution < 1.29 is 48.1 Å². The van der Waals surface area contributed by atoms with Crippen molar-refractivity contribution in [2.45, 2.75) is 166 Å². The van der Waals surface area contributed by atoms with Gasteiger partial charge in [0.05, 0.1) is 65.1 Å². The van der Waals surface area contributed by atoms with Crippen molar-refractivity contribution in [3.05, 3.63) is 0 Å². The quantitative estimate of drug-likeness (QED) is 0.267. The smallest absolute Gasteiger partial charge is 0.174 e. The Bertz CT molecular complexity index is 1390. The molecule has 2 N–H and O–H groups in total. The van der Waals surface area contributed by atoms with Gasteiger partial charge in [-0.05, 0) is 122 Å². The van der Waals surface area contributed by atoms with Gasteiger partial charge in [0.2, 0.25) is 0 Å². The van der Waals surface area contributed by atoms with Crippen LogP contribution >= 0.6 is 0 Å². The van der Waals surface area contributed by atoms with Crippen LogP contribution in [0.2, 0.25) is 0 Å². The lowest BCUT2D eigenvalue weighted by Gasteiger charge is -2.63. The standard InChI is InChI=1S/2C23H36O5/c2*1-20-7-8-22(25-9-10-26-22)14-18(20)19(24)13-15-16(20)3-5-21(2)17(15)4-6-23(21)27-11-12-28-23/h2*15-19,24H,3-14H2,1-2H3/t15-,16+,17+,18+,19-,20-,21+;15-,16+,17+,18-,19+,20-,21+/m00/s1. The summed E-state index contributed by atoms with van der Waals surface area (Å²) in [5.74, 6) is 2.80. The van der Waals surface area contributed by atoms with Gasteiger partial charge in [-0.15, -0.1) is 0 Å². The summed E-state index contributed by atoms with van der Waals surface area (Å²) in [5.41, 5.74) is 0.580. The molecule has 4 heterocycles. The first-order valence-corrected chi connectivity index (χ1v) is 23.3. The maximum atomic E-state index is 11.3. The Balaban J connectivity index is 0.000000130. The molecule has 10 nitrogen and oxygen atoms in total. The summed E-state index contributed by atoms with van der Waals surface area (Å²) in [6.45, 7) is 15.5. The Kier molecular flexibility index (Phi) is 8.98. The summed E-state index contributed by atoms with van der Waals surface area (Å²) in [5, 5.41) is 22.7. The van der Waals surface area contributed by atoms with Gasteiger partial charge in [-0.2, -0.15) is 0 Å². The largest absolute Gasteiger partial charge is 0.393 e. The summed E-state index contributed by atoms with van der Waals surface area (Å²) < 4.78 is 49.2. The zero-order valence-electron chi connectivity index (χ0n) is 34.9. The molecule has 12 aliphatic rings. The lowest BCUT2D eigenvalue weighted by atomic mass is 9.44. The predicted molar refractivity (Wildman–Crippen MR) is 205 cm³/mol. The molecule has 0 aromatic rings. The fourth-order valence-corrected chi connectivity index (χ4v) is 17.7. The van der Waals surface area contributed by atoms with Crippen LogP contribution in [0.25, 0.3) is 0 Å². The van der Waals surface area contributed by atoms with Gasteiger partial charge < -0.3 is 48.1 Å². The molecule has 0 aromatic carbocycles. The molecule has 0 aromatic heterocycles. The molecule has 12 fully saturated rings. The van der Waals surface area contributed by atoms with Crippen molar-refractivity contribution in [1.29, 1.82) is 0 Å². The third-order valence-electron chi connectivity index (χ3n) is 20.6. The maximum absolute atomic E-state index is 11.3. The SMILES string of the molecule is C[C@@]12CCC3(C[C@@H]1[C@@H](O)C[C@H]1[C@H]2CC[C@]2(C)[C@@H]1CCC21OCCO1)OCCO3.C[C@@]12CCC3(C[C@H]1[C@H](O)C[C@H]1[C@H]2CC[C@]2(C)[C@@H]1CCC21OCCO1)OCCO3. The molecule has 0 radical (unpaired) electrons. The topological polar surface area (TPSA) is 114 Å². The highest BCUT2D eigenvalue weighted by atomic mass is 16.8. The zero-order valence-corrected chi connectivity index (χ0v) is 34.9. The highest BCUT2D eigenvalue weighted by Crippen LogP contribution is 2.72. The van der Waals surface area contributed by atoms with E-state index in [1.54, 1.807) is 0 Å². The van der Waals surface area contributed by atoms with Gasteiger partial charge in [0.25, 0.3) is 0 Å². The Hall–Kier alpha value is -0.400. The van der Waals surface area contributed by atoms with Gasteiger partial charge in [0, 0.05) is 49.4 Å². The van der Waals surface area contributed by atoms with Crippen molar-refractivity contribution in [3.63, 3.8) is 0 Å². The van der Waals surface area contributed by atoms with Crippen LogP contribution in [0.3, 0.4) is 0 Å². The monoisotopic (exact) mass is 785 g/mol. The first kappa shape index (κ1) is 38.5. The van der Waals surface area contributed by atoms with E-state index >= 15 is 0 Å². The van der Waals surface area contributed by atoms with E-state index in [1.807, 2.05) is 0 Å². The van der Waals surface area contributed by atoms with Gasteiger partial charge in [-0.25, -0.2) is 0 Å². The van der Waals surface area contributed by atoms with Crippen molar-refractivity contribution in [1.82, 2.24) is 0 Å². The van der Waals surface area contributed by atoms with Crippen LogP contribution in [0.5, 0.6) is 0 Å². The molecule has 0 amide bonds. The number of hydrogen-bond acceptors (Lipinski definition) is 10. The minimum Gasteiger partial charge on any atom is -0.393 e. The minimum absolute atomic E-state index is 0.0984. The van der Waals surface area contributed by atoms with E-state index in [1.165, 1.54) is 38.5 Å². The zero-order chi connectivity index (χ0) is 38.4. The van der Waals surface area contributed by atoms with Crippen LogP contribution in [0.1, 0.15) is 130 Å². The normalized spacial score (nSPS) is 53.9. The van der Waals surface area contributed by atoms with Crippen LogP contribution in [-0.2, 0) is 37.9 Å². The van der Waals surface area contributed by atoms with E-state index in [2.05, 4.69) is 27.7 Å². The van der Waals surface area contributed by atoms with Crippen molar-refractivity contribution in [2.75, 3.05) is 52.9 Å². The average molecular weight is 785 g/mol. The number of hydrogen-bond donors (Lipinski definition) is 2. The van der Waals surface area contributed by atoms with Gasteiger partial charge in [-0.1, -0.05) is 27.7 Å². The van der Waals surface area contributed by atoms with Crippen LogP contribution in [0.15, 0.2) is 0 Å². The number of ether oxygens (including phenoxy) is 8. The van der Waals surface area contributed by atoms with Crippen LogP contribution in [0.4, 0.5) is 0 Å². The molecule has 316 valence electrons. The van der Waals surface area contributed by atoms with Gasteiger partial charge >= 0.3 is 0 Å². The lowest BCUT2D eigenvalue weighted by molar-refractivity contribution is -0.269. The van der Waals surface area contributed by atoms with E-state index in [9.17, 15) is 10.2 Å². The van der Waals surface area contributed by atoms with Crippen molar-refractivity contribution >= 4 is 0 Å². The number of aliphatic hydroxyl groups excluding tert-OH is 2.